The predicted octanol–water partition coefficient (Wildman–Crippen LogP) is 2.25. The molecule has 0 aliphatic carbocycles. The smallest absolute Gasteiger partial charge is 0.175 e. The lowest BCUT2D eigenvalue weighted by molar-refractivity contribution is 0.486. The average Bonchev–Trinajstić information content (AvgIpc) is 2.81. The summed E-state index contributed by atoms with van der Waals surface area (Å²) >= 11 is 1.98. The van der Waals surface area contributed by atoms with E-state index in [1.165, 1.54) is 24.2 Å². The van der Waals surface area contributed by atoms with Crippen molar-refractivity contribution in [1.82, 2.24) is 5.32 Å². The molecular weight excluding hydrogens is 266 g/mol. The third-order valence-electron chi connectivity index (χ3n) is 3.22. The van der Waals surface area contributed by atoms with Gasteiger partial charge in [-0.1, -0.05) is 12.1 Å². The van der Waals surface area contributed by atoms with Crippen LogP contribution in [0.2, 0.25) is 0 Å². The fourth-order valence-corrected chi connectivity index (χ4v) is 3.92. The second-order valence-corrected chi connectivity index (χ2v) is 7.96. The van der Waals surface area contributed by atoms with Gasteiger partial charge < -0.3 is 5.32 Å². The topological polar surface area (TPSA) is 46.2 Å². The first-order valence-electron chi connectivity index (χ1n) is 6.10. The Bertz CT molecular complexity index is 490. The van der Waals surface area contributed by atoms with Crippen molar-refractivity contribution < 1.29 is 8.42 Å². The summed E-state index contributed by atoms with van der Waals surface area (Å²) in [6.45, 7) is 2.12. The SMILES string of the molecule is CC(NC1CCSC1)c1ccc(S(C)(=O)=O)cc1. The molecule has 0 saturated carbocycles. The molecule has 1 saturated heterocycles. The van der Waals surface area contributed by atoms with Gasteiger partial charge >= 0.3 is 0 Å². The van der Waals surface area contributed by atoms with Gasteiger partial charge in [-0.05, 0) is 36.8 Å². The van der Waals surface area contributed by atoms with Crippen LogP contribution in [0, 0.1) is 0 Å². The van der Waals surface area contributed by atoms with Gasteiger partial charge in [-0.2, -0.15) is 11.8 Å². The zero-order valence-corrected chi connectivity index (χ0v) is 12.4. The zero-order chi connectivity index (χ0) is 13.2. The number of sulfone groups is 1. The quantitative estimate of drug-likeness (QED) is 0.921. The Morgan fingerprint density at radius 1 is 1.33 bits per heavy atom. The molecule has 0 bridgehead atoms. The van der Waals surface area contributed by atoms with Gasteiger partial charge in [-0.15, -0.1) is 0 Å². The van der Waals surface area contributed by atoms with Gasteiger partial charge in [0.05, 0.1) is 4.90 Å². The summed E-state index contributed by atoms with van der Waals surface area (Å²) in [6.07, 6.45) is 2.45. The Balaban J connectivity index is 2.04. The largest absolute Gasteiger partial charge is 0.307 e. The number of benzene rings is 1. The maximum atomic E-state index is 11.4. The molecule has 2 unspecified atom stereocenters. The highest BCUT2D eigenvalue weighted by molar-refractivity contribution is 7.99. The van der Waals surface area contributed by atoms with Crippen LogP contribution in [0.15, 0.2) is 29.2 Å². The first kappa shape index (κ1) is 13.9. The van der Waals surface area contributed by atoms with Gasteiger partial charge in [0, 0.05) is 24.1 Å². The van der Waals surface area contributed by atoms with Crippen molar-refractivity contribution in [1.29, 1.82) is 0 Å². The van der Waals surface area contributed by atoms with E-state index in [-0.39, 0.29) is 6.04 Å². The number of hydrogen-bond acceptors (Lipinski definition) is 4. The summed E-state index contributed by atoms with van der Waals surface area (Å²) in [4.78, 5) is 0.384. The molecule has 1 aliphatic heterocycles. The lowest BCUT2D eigenvalue weighted by atomic mass is 10.1. The number of nitrogens with one attached hydrogen (secondary N) is 1. The van der Waals surface area contributed by atoms with E-state index >= 15 is 0 Å². The highest BCUT2D eigenvalue weighted by atomic mass is 32.2. The van der Waals surface area contributed by atoms with Crippen molar-refractivity contribution in [2.75, 3.05) is 17.8 Å². The van der Waals surface area contributed by atoms with Gasteiger partial charge in [0.15, 0.2) is 9.84 Å². The minimum atomic E-state index is -3.09. The summed E-state index contributed by atoms with van der Waals surface area (Å²) in [6, 6.07) is 8.02. The molecule has 0 amide bonds. The first-order chi connectivity index (χ1) is 8.47. The summed E-state index contributed by atoms with van der Waals surface area (Å²) in [5.74, 6) is 2.41. The zero-order valence-electron chi connectivity index (χ0n) is 10.7. The monoisotopic (exact) mass is 285 g/mol. The number of hydrogen-bond donors (Lipinski definition) is 1. The van der Waals surface area contributed by atoms with Gasteiger partial charge in [0.2, 0.25) is 0 Å². The van der Waals surface area contributed by atoms with E-state index in [0.717, 1.165) is 5.56 Å². The Kier molecular flexibility index (Phi) is 4.35. The van der Waals surface area contributed by atoms with Crippen LogP contribution in [-0.2, 0) is 9.84 Å². The molecule has 1 fully saturated rings. The van der Waals surface area contributed by atoms with Crippen LogP contribution in [0.5, 0.6) is 0 Å². The Morgan fingerprint density at radius 3 is 2.50 bits per heavy atom. The van der Waals surface area contributed by atoms with E-state index in [9.17, 15) is 8.42 Å². The molecule has 0 spiro atoms. The lowest BCUT2D eigenvalue weighted by Crippen LogP contribution is -2.31. The fraction of sp³-hybridized carbons (Fsp3) is 0.538. The third-order valence-corrected chi connectivity index (χ3v) is 5.51. The van der Waals surface area contributed by atoms with E-state index in [1.807, 2.05) is 23.9 Å². The molecule has 1 aromatic rings. The molecule has 18 heavy (non-hydrogen) atoms. The van der Waals surface area contributed by atoms with Crippen LogP contribution < -0.4 is 5.32 Å². The molecule has 5 heteroatoms. The first-order valence-corrected chi connectivity index (χ1v) is 9.15. The Morgan fingerprint density at radius 2 is 2.00 bits per heavy atom. The van der Waals surface area contributed by atoms with Crippen molar-refractivity contribution >= 4 is 21.6 Å². The van der Waals surface area contributed by atoms with E-state index in [0.29, 0.717) is 10.9 Å². The Labute approximate surface area is 113 Å². The summed E-state index contributed by atoms with van der Waals surface area (Å²) in [7, 11) is -3.09. The van der Waals surface area contributed by atoms with Crippen LogP contribution in [0.1, 0.15) is 24.9 Å². The van der Waals surface area contributed by atoms with Gasteiger partial charge in [0.25, 0.3) is 0 Å². The standard InChI is InChI=1S/C13H19NO2S2/c1-10(14-12-7-8-17-9-12)11-3-5-13(6-4-11)18(2,15)16/h3-6,10,12,14H,7-9H2,1-2H3. The van der Waals surface area contributed by atoms with Crippen molar-refractivity contribution in [2.24, 2.45) is 0 Å². The van der Waals surface area contributed by atoms with Crippen LogP contribution in [0.3, 0.4) is 0 Å². The van der Waals surface area contributed by atoms with Crippen LogP contribution in [0.4, 0.5) is 0 Å². The van der Waals surface area contributed by atoms with E-state index in [2.05, 4.69) is 12.2 Å². The van der Waals surface area contributed by atoms with Crippen LogP contribution in [-0.4, -0.2) is 32.2 Å². The molecule has 1 heterocycles. The molecule has 1 aromatic carbocycles. The minimum absolute atomic E-state index is 0.266. The average molecular weight is 285 g/mol. The van der Waals surface area contributed by atoms with Crippen molar-refractivity contribution in [3.63, 3.8) is 0 Å². The molecule has 1 aliphatic rings. The molecule has 3 nitrogen and oxygen atoms in total. The normalized spacial score (nSPS) is 22.0. The second kappa shape index (κ2) is 5.63. The van der Waals surface area contributed by atoms with Crippen LogP contribution >= 0.6 is 11.8 Å². The van der Waals surface area contributed by atoms with Crippen molar-refractivity contribution in [2.45, 2.75) is 30.3 Å². The maximum Gasteiger partial charge on any atom is 0.175 e. The van der Waals surface area contributed by atoms with E-state index in [4.69, 9.17) is 0 Å². The Hall–Kier alpha value is -0.520. The number of thioether (sulfide) groups is 1. The molecule has 2 rings (SSSR count). The van der Waals surface area contributed by atoms with Crippen molar-refractivity contribution in [3.8, 4) is 0 Å². The highest BCUT2D eigenvalue weighted by Gasteiger charge is 2.18. The predicted molar refractivity (Wildman–Crippen MR) is 76.8 cm³/mol. The van der Waals surface area contributed by atoms with E-state index in [1.54, 1.807) is 12.1 Å². The lowest BCUT2D eigenvalue weighted by Gasteiger charge is -2.19. The number of rotatable bonds is 4. The highest BCUT2D eigenvalue weighted by Crippen LogP contribution is 2.22. The third kappa shape index (κ3) is 3.49. The van der Waals surface area contributed by atoms with Crippen LogP contribution in [0.25, 0.3) is 0 Å². The second-order valence-electron chi connectivity index (χ2n) is 4.79. The van der Waals surface area contributed by atoms with Gasteiger partial charge in [-0.25, -0.2) is 8.42 Å². The molecule has 100 valence electrons. The maximum absolute atomic E-state index is 11.4. The van der Waals surface area contributed by atoms with E-state index < -0.39 is 9.84 Å². The molecular formula is C13H19NO2S2. The summed E-state index contributed by atoms with van der Waals surface area (Å²) < 4.78 is 22.7. The fourth-order valence-electron chi connectivity index (χ4n) is 2.12. The molecule has 0 radical (unpaired) electrons. The van der Waals surface area contributed by atoms with Crippen molar-refractivity contribution in [3.05, 3.63) is 29.8 Å². The molecule has 1 N–H and O–H groups in total. The summed E-state index contributed by atoms with van der Waals surface area (Å²) in [5, 5.41) is 3.58. The molecule has 2 atom stereocenters. The molecule has 0 aromatic heterocycles. The van der Waals surface area contributed by atoms with Gasteiger partial charge in [-0.3, -0.25) is 0 Å². The minimum Gasteiger partial charge on any atom is -0.307 e. The summed E-state index contributed by atoms with van der Waals surface area (Å²) in [5.41, 5.74) is 1.14. The van der Waals surface area contributed by atoms with Gasteiger partial charge in [0.1, 0.15) is 0 Å².